The first-order chi connectivity index (χ1) is 7.11. The molecule has 0 fully saturated rings. The summed E-state index contributed by atoms with van der Waals surface area (Å²) in [6.07, 6.45) is 0. The van der Waals surface area contributed by atoms with Gasteiger partial charge in [-0.3, -0.25) is 20.3 Å². The van der Waals surface area contributed by atoms with Crippen molar-refractivity contribution >= 4 is 11.6 Å². The van der Waals surface area contributed by atoms with Crippen LogP contribution in [0.1, 0.15) is 10.4 Å². The molecule has 3 N–H and O–H groups in total. The third kappa shape index (κ3) is 2.02. The van der Waals surface area contributed by atoms with Gasteiger partial charge in [0.1, 0.15) is 0 Å². The summed E-state index contributed by atoms with van der Waals surface area (Å²) < 4.78 is 4.80. The summed E-state index contributed by atoms with van der Waals surface area (Å²) in [7, 11) is 1.25. The number of nitro groups is 1. The van der Waals surface area contributed by atoms with Gasteiger partial charge in [0.2, 0.25) is 5.75 Å². The van der Waals surface area contributed by atoms with E-state index in [0.29, 0.717) is 0 Å². The molecule has 0 atom stereocenters. The van der Waals surface area contributed by atoms with Crippen LogP contribution in [-0.2, 0) is 0 Å². The number of hydrogen-bond acceptors (Lipinski definition) is 5. The largest absolute Gasteiger partial charge is 0.490 e. The van der Waals surface area contributed by atoms with Gasteiger partial charge in [0, 0.05) is 6.07 Å². The molecule has 0 heterocycles. The zero-order valence-electron chi connectivity index (χ0n) is 7.89. The number of carbonyl (C=O) groups excluding carboxylic acids is 1. The van der Waals surface area contributed by atoms with Gasteiger partial charge < -0.3 is 4.74 Å². The number of hydrogen-bond donors (Lipinski definition) is 2. The molecule has 0 radical (unpaired) electrons. The van der Waals surface area contributed by atoms with Crippen LogP contribution in [0.25, 0.3) is 0 Å². The molecule has 1 rings (SSSR count). The Hall–Kier alpha value is -2.15. The van der Waals surface area contributed by atoms with Crippen LogP contribution >= 0.6 is 0 Å². The lowest BCUT2D eigenvalue weighted by atomic mass is 10.1. The smallest absolute Gasteiger partial charge is 0.311 e. The summed E-state index contributed by atoms with van der Waals surface area (Å²) in [4.78, 5) is 21.2. The maximum atomic E-state index is 11.2. The number of benzene rings is 1. The normalized spacial score (nSPS) is 9.47. The minimum atomic E-state index is -0.643. The summed E-state index contributed by atoms with van der Waals surface area (Å²) in [5.41, 5.74) is 1.62. The summed E-state index contributed by atoms with van der Waals surface area (Å²) in [5, 5.41) is 10.6. The van der Waals surface area contributed by atoms with E-state index >= 15 is 0 Å². The molecule has 0 saturated heterocycles. The minimum absolute atomic E-state index is 0.0224. The number of rotatable bonds is 3. The quantitative estimate of drug-likeness (QED) is 0.321. The van der Waals surface area contributed by atoms with Crippen LogP contribution < -0.4 is 16.0 Å². The van der Waals surface area contributed by atoms with Crippen molar-refractivity contribution in [1.82, 2.24) is 5.43 Å². The Morgan fingerprint density at radius 3 is 2.73 bits per heavy atom. The van der Waals surface area contributed by atoms with Crippen molar-refractivity contribution in [2.45, 2.75) is 0 Å². The van der Waals surface area contributed by atoms with Crippen molar-refractivity contribution in [3.63, 3.8) is 0 Å². The molecule has 15 heavy (non-hydrogen) atoms. The van der Waals surface area contributed by atoms with Gasteiger partial charge in [0.25, 0.3) is 5.91 Å². The highest BCUT2D eigenvalue weighted by molar-refractivity contribution is 5.97. The van der Waals surface area contributed by atoms with Crippen LogP contribution in [0.15, 0.2) is 18.2 Å². The Morgan fingerprint density at radius 1 is 1.60 bits per heavy atom. The van der Waals surface area contributed by atoms with Crippen LogP contribution in [0, 0.1) is 10.1 Å². The molecule has 0 aliphatic heterocycles. The second-order valence-electron chi connectivity index (χ2n) is 2.59. The van der Waals surface area contributed by atoms with E-state index in [-0.39, 0.29) is 17.0 Å². The number of hydrazine groups is 1. The summed E-state index contributed by atoms with van der Waals surface area (Å²) in [6, 6.07) is 4.01. The second-order valence-corrected chi connectivity index (χ2v) is 2.59. The Kier molecular flexibility index (Phi) is 3.19. The Bertz CT molecular complexity index is 405. The number of nitrogen functional groups attached to an aromatic ring is 1. The number of methoxy groups -OCH3 is 1. The number of para-hydroxylation sites is 1. The Labute approximate surface area is 84.9 Å². The topological polar surface area (TPSA) is 107 Å². The highest BCUT2D eigenvalue weighted by Gasteiger charge is 2.21. The molecule has 0 spiro atoms. The van der Waals surface area contributed by atoms with E-state index in [9.17, 15) is 14.9 Å². The fourth-order valence-electron chi connectivity index (χ4n) is 1.14. The molecular weight excluding hydrogens is 202 g/mol. The molecule has 0 aliphatic carbocycles. The van der Waals surface area contributed by atoms with E-state index in [4.69, 9.17) is 10.6 Å². The number of amides is 1. The SMILES string of the molecule is COc1c(C(=O)NN)cccc1[N+](=O)[O-]. The Balaban J connectivity index is 3.34. The highest BCUT2D eigenvalue weighted by Crippen LogP contribution is 2.30. The average Bonchev–Trinajstić information content (AvgIpc) is 2.26. The van der Waals surface area contributed by atoms with Crippen LogP contribution in [0.3, 0.4) is 0 Å². The molecule has 80 valence electrons. The van der Waals surface area contributed by atoms with Gasteiger partial charge in [0.05, 0.1) is 17.6 Å². The number of ether oxygens (including phenoxy) is 1. The van der Waals surface area contributed by atoms with Gasteiger partial charge in [-0.2, -0.15) is 0 Å². The van der Waals surface area contributed by atoms with Crippen LogP contribution in [-0.4, -0.2) is 17.9 Å². The van der Waals surface area contributed by atoms with Gasteiger partial charge in [-0.25, -0.2) is 5.84 Å². The molecule has 0 unspecified atom stereocenters. The monoisotopic (exact) mass is 211 g/mol. The van der Waals surface area contributed by atoms with Crippen LogP contribution in [0.2, 0.25) is 0 Å². The fourth-order valence-corrected chi connectivity index (χ4v) is 1.14. The summed E-state index contributed by atoms with van der Waals surface area (Å²) in [5.74, 6) is 4.18. The van der Waals surface area contributed by atoms with Gasteiger partial charge >= 0.3 is 5.69 Å². The van der Waals surface area contributed by atoms with Crippen molar-refractivity contribution < 1.29 is 14.5 Å². The van der Waals surface area contributed by atoms with Crippen molar-refractivity contribution in [2.75, 3.05) is 7.11 Å². The molecule has 1 aromatic rings. The number of nitro benzene ring substituents is 1. The first-order valence-corrected chi connectivity index (χ1v) is 3.94. The molecule has 1 aromatic carbocycles. The molecule has 0 bridgehead atoms. The average molecular weight is 211 g/mol. The third-order valence-electron chi connectivity index (χ3n) is 1.77. The van der Waals surface area contributed by atoms with Gasteiger partial charge in [0.15, 0.2) is 0 Å². The fraction of sp³-hybridized carbons (Fsp3) is 0.125. The number of nitrogens with zero attached hydrogens (tertiary/aromatic N) is 1. The maximum Gasteiger partial charge on any atom is 0.311 e. The first kappa shape index (κ1) is 10.9. The predicted molar refractivity (Wildman–Crippen MR) is 51.3 cm³/mol. The van der Waals surface area contributed by atoms with Crippen molar-refractivity contribution in [2.24, 2.45) is 5.84 Å². The van der Waals surface area contributed by atoms with Crippen LogP contribution in [0.5, 0.6) is 5.75 Å². The second kappa shape index (κ2) is 4.38. The molecule has 7 heteroatoms. The lowest BCUT2D eigenvalue weighted by Gasteiger charge is -2.06. The molecule has 7 nitrogen and oxygen atoms in total. The number of carbonyl (C=O) groups is 1. The number of nitrogens with two attached hydrogens (primary N) is 1. The van der Waals surface area contributed by atoms with E-state index in [1.165, 1.54) is 25.3 Å². The third-order valence-corrected chi connectivity index (χ3v) is 1.77. The van der Waals surface area contributed by atoms with Gasteiger partial charge in [-0.15, -0.1) is 0 Å². The molecular formula is C8H9N3O4. The maximum absolute atomic E-state index is 11.2. The van der Waals surface area contributed by atoms with E-state index in [0.717, 1.165) is 0 Å². The van der Waals surface area contributed by atoms with Crippen molar-refractivity contribution in [3.05, 3.63) is 33.9 Å². The van der Waals surface area contributed by atoms with E-state index in [1.807, 2.05) is 5.43 Å². The highest BCUT2D eigenvalue weighted by atomic mass is 16.6. The summed E-state index contributed by atoms with van der Waals surface area (Å²) in [6.45, 7) is 0. The van der Waals surface area contributed by atoms with Gasteiger partial charge in [-0.1, -0.05) is 6.07 Å². The summed E-state index contributed by atoms with van der Waals surface area (Å²) >= 11 is 0. The van der Waals surface area contributed by atoms with E-state index < -0.39 is 10.8 Å². The molecule has 1 amide bonds. The minimum Gasteiger partial charge on any atom is -0.490 e. The molecule has 0 aliphatic rings. The molecule has 0 saturated carbocycles. The zero-order valence-corrected chi connectivity index (χ0v) is 7.89. The Morgan fingerprint density at radius 2 is 2.27 bits per heavy atom. The lowest BCUT2D eigenvalue weighted by molar-refractivity contribution is -0.385. The van der Waals surface area contributed by atoms with E-state index in [2.05, 4.69) is 0 Å². The van der Waals surface area contributed by atoms with Gasteiger partial charge in [-0.05, 0) is 6.07 Å². The lowest BCUT2D eigenvalue weighted by Crippen LogP contribution is -2.30. The predicted octanol–water partition coefficient (Wildman–Crippen LogP) is 0.207. The zero-order chi connectivity index (χ0) is 11.4. The van der Waals surface area contributed by atoms with E-state index in [1.54, 1.807) is 0 Å². The molecule has 0 aromatic heterocycles. The van der Waals surface area contributed by atoms with Crippen molar-refractivity contribution in [1.29, 1.82) is 0 Å². The van der Waals surface area contributed by atoms with Crippen LogP contribution in [0.4, 0.5) is 5.69 Å². The first-order valence-electron chi connectivity index (χ1n) is 3.94. The van der Waals surface area contributed by atoms with Crippen molar-refractivity contribution in [3.8, 4) is 5.75 Å². The standard InChI is InChI=1S/C8H9N3O4/c1-15-7-5(8(12)10-9)3-2-4-6(7)11(13)14/h2-4H,9H2,1H3,(H,10,12). The number of nitrogens with one attached hydrogen (secondary N) is 1.